The fraction of sp³-hybridized carbons (Fsp3) is 0.421. The summed E-state index contributed by atoms with van der Waals surface area (Å²) in [5.41, 5.74) is 2.77. The molecule has 1 unspecified atom stereocenters. The minimum absolute atomic E-state index is 0.0331. The molecule has 1 atom stereocenters. The fourth-order valence-corrected chi connectivity index (χ4v) is 4.33. The van der Waals surface area contributed by atoms with Gasteiger partial charge in [0, 0.05) is 30.1 Å². The molecule has 1 aliphatic heterocycles. The van der Waals surface area contributed by atoms with Gasteiger partial charge in [-0.1, -0.05) is 23.2 Å². The number of nitrogens with one attached hydrogen (secondary N) is 2. The average Bonchev–Trinajstić information content (AvgIpc) is 3.16. The van der Waals surface area contributed by atoms with E-state index in [1.807, 2.05) is 6.92 Å². The number of nitrogens with zero attached hydrogens (tertiary/aromatic N) is 4. The Balaban J connectivity index is 1.65. The van der Waals surface area contributed by atoms with Gasteiger partial charge in [-0.3, -0.25) is 4.90 Å². The van der Waals surface area contributed by atoms with Crippen LogP contribution >= 0.6 is 23.2 Å². The van der Waals surface area contributed by atoms with E-state index in [2.05, 4.69) is 25.3 Å². The number of rotatable bonds is 7. The third-order valence-electron chi connectivity index (χ3n) is 5.24. The molecule has 7 nitrogen and oxygen atoms in total. The zero-order valence-corrected chi connectivity index (χ0v) is 17.8. The third-order valence-corrected chi connectivity index (χ3v) is 6.05. The fourth-order valence-electron chi connectivity index (χ4n) is 3.82. The first-order valence-electron chi connectivity index (χ1n) is 9.36. The van der Waals surface area contributed by atoms with E-state index in [0.717, 1.165) is 11.1 Å². The lowest BCUT2D eigenvalue weighted by molar-refractivity contribution is 0.0461. The number of hydrogen-bond acceptors (Lipinski definition) is 6. The lowest BCUT2D eigenvalue weighted by Gasteiger charge is -2.40. The second kappa shape index (κ2) is 8.49. The molecule has 30 heavy (non-hydrogen) atoms. The van der Waals surface area contributed by atoms with E-state index in [1.165, 1.54) is 6.33 Å². The molecule has 1 aliphatic rings. The van der Waals surface area contributed by atoms with Crippen LogP contribution in [0.2, 0.25) is 10.0 Å². The second-order valence-corrected chi connectivity index (χ2v) is 7.99. The third kappa shape index (κ3) is 3.89. The molecule has 1 saturated heterocycles. The Bertz CT molecular complexity index is 1060. The molecule has 3 heterocycles. The highest BCUT2D eigenvalue weighted by molar-refractivity contribution is 6.42. The first-order chi connectivity index (χ1) is 14.4. The number of halogens is 4. The maximum atomic E-state index is 12.6. The van der Waals surface area contributed by atoms with Crippen LogP contribution < -0.4 is 10.1 Å². The summed E-state index contributed by atoms with van der Waals surface area (Å²) in [4.78, 5) is 17.2. The molecule has 1 fully saturated rings. The summed E-state index contributed by atoms with van der Waals surface area (Å²) < 4.78 is 31.0. The van der Waals surface area contributed by atoms with Gasteiger partial charge in [0.2, 0.25) is 0 Å². The number of alkyl halides is 2. The number of aromatic amines is 1. The van der Waals surface area contributed by atoms with Crippen molar-refractivity contribution in [2.45, 2.75) is 25.3 Å². The summed E-state index contributed by atoms with van der Waals surface area (Å²) >= 11 is 12.9. The van der Waals surface area contributed by atoms with Gasteiger partial charge >= 0.3 is 0 Å². The molecular weight excluding hydrogens is 437 g/mol. The van der Waals surface area contributed by atoms with Crippen LogP contribution in [0.3, 0.4) is 0 Å². The monoisotopic (exact) mass is 456 g/mol. The molecule has 4 rings (SSSR count). The van der Waals surface area contributed by atoms with Gasteiger partial charge in [-0.15, -0.1) is 0 Å². The topological polar surface area (TPSA) is 79.0 Å². The van der Waals surface area contributed by atoms with Crippen LogP contribution in [0.5, 0.6) is 5.75 Å². The van der Waals surface area contributed by atoms with Gasteiger partial charge in [0.05, 0.1) is 36.1 Å². The number of likely N-dealkylation sites (tertiary alicyclic amines) is 1. The van der Waals surface area contributed by atoms with E-state index in [9.17, 15) is 8.78 Å². The van der Waals surface area contributed by atoms with Crippen molar-refractivity contribution < 1.29 is 13.5 Å². The number of methoxy groups -OCH3 is 1. The molecule has 0 bridgehead atoms. The summed E-state index contributed by atoms with van der Waals surface area (Å²) in [7, 11) is 1.56. The summed E-state index contributed by atoms with van der Waals surface area (Å²) in [5.74, 6) is 1.15. The summed E-state index contributed by atoms with van der Waals surface area (Å²) in [6, 6.07) is 1.51. The average molecular weight is 457 g/mol. The maximum absolute atomic E-state index is 12.6. The van der Waals surface area contributed by atoms with Gasteiger partial charge in [-0.25, -0.2) is 23.7 Å². The van der Waals surface area contributed by atoms with Crippen LogP contribution in [0.4, 0.5) is 14.6 Å². The molecule has 0 saturated carbocycles. The first-order valence-corrected chi connectivity index (χ1v) is 10.1. The van der Waals surface area contributed by atoms with Gasteiger partial charge in [0.1, 0.15) is 17.6 Å². The van der Waals surface area contributed by atoms with Crippen molar-refractivity contribution in [3.05, 3.63) is 39.9 Å². The molecule has 2 N–H and O–H groups in total. The smallest absolute Gasteiger partial charge is 0.251 e. The van der Waals surface area contributed by atoms with Crippen molar-refractivity contribution in [1.82, 2.24) is 24.8 Å². The highest BCUT2D eigenvalue weighted by atomic mass is 35.5. The van der Waals surface area contributed by atoms with Gasteiger partial charge < -0.3 is 15.0 Å². The zero-order chi connectivity index (χ0) is 21.4. The Kier molecular flexibility index (Phi) is 5.95. The minimum Gasteiger partial charge on any atom is -0.496 e. The van der Waals surface area contributed by atoms with Crippen LogP contribution in [0.15, 0.2) is 18.7 Å². The van der Waals surface area contributed by atoms with Crippen molar-refractivity contribution >= 4 is 40.2 Å². The van der Waals surface area contributed by atoms with Gasteiger partial charge in [-0.2, -0.15) is 0 Å². The number of anilines is 1. The Morgan fingerprint density at radius 3 is 2.77 bits per heavy atom. The predicted octanol–water partition coefficient (Wildman–Crippen LogP) is 4.51. The number of imidazole rings is 1. The normalized spacial score (nSPS) is 16.1. The summed E-state index contributed by atoms with van der Waals surface area (Å²) in [5, 5.41) is 4.11. The summed E-state index contributed by atoms with van der Waals surface area (Å²) in [6.45, 7) is 2.64. The molecule has 11 heteroatoms. The van der Waals surface area contributed by atoms with Crippen LogP contribution in [-0.4, -0.2) is 58.0 Å². The van der Waals surface area contributed by atoms with E-state index < -0.39 is 6.43 Å². The second-order valence-electron chi connectivity index (χ2n) is 7.20. The quantitative estimate of drug-likeness (QED) is 0.544. The lowest BCUT2D eigenvalue weighted by Crippen LogP contribution is -2.47. The van der Waals surface area contributed by atoms with Crippen LogP contribution in [0.1, 0.15) is 30.0 Å². The van der Waals surface area contributed by atoms with Crippen LogP contribution in [0.25, 0.3) is 11.2 Å². The van der Waals surface area contributed by atoms with Gasteiger partial charge in [-0.05, 0) is 13.0 Å². The van der Waals surface area contributed by atoms with Crippen molar-refractivity contribution in [2.75, 3.05) is 32.1 Å². The molecule has 160 valence electrons. The summed E-state index contributed by atoms with van der Waals surface area (Å²) in [6.07, 6.45) is 0.617. The molecule has 0 amide bonds. The number of benzene rings is 1. The SMILES string of the molecule is COc1c(C(C)Nc2ncnc3nc[nH]c23)cc(Cl)c(Cl)c1C1CN(CC(F)F)C1. The first kappa shape index (κ1) is 21.0. The Morgan fingerprint density at radius 2 is 2.07 bits per heavy atom. The van der Waals surface area contributed by atoms with E-state index >= 15 is 0 Å². The molecule has 3 aromatic rings. The van der Waals surface area contributed by atoms with E-state index in [1.54, 1.807) is 24.4 Å². The number of hydrogen-bond donors (Lipinski definition) is 2. The largest absolute Gasteiger partial charge is 0.496 e. The Hall–Kier alpha value is -2.23. The van der Waals surface area contributed by atoms with Gasteiger partial charge in [0.25, 0.3) is 6.43 Å². The zero-order valence-electron chi connectivity index (χ0n) is 16.3. The number of fused-ring (bicyclic) bond motifs is 1. The molecule has 0 spiro atoms. The van der Waals surface area contributed by atoms with Crippen molar-refractivity contribution in [1.29, 1.82) is 0 Å². The molecule has 1 aromatic carbocycles. The Labute approximate surface area is 181 Å². The number of H-pyrrole nitrogens is 1. The standard InChI is InChI=1S/C19H20Cl2F2N6O/c1-9(28-19-16-18(25-7-24-16)26-8-27-19)11-3-12(20)15(21)14(17(11)30-2)10-4-29(5-10)6-13(22)23/h3,7-10,13H,4-6H2,1-2H3,(H2,24,25,26,27,28). The lowest BCUT2D eigenvalue weighted by atomic mass is 9.88. The van der Waals surface area contributed by atoms with Crippen LogP contribution in [-0.2, 0) is 0 Å². The molecule has 0 radical (unpaired) electrons. The van der Waals surface area contributed by atoms with Crippen molar-refractivity contribution in [2.24, 2.45) is 0 Å². The maximum Gasteiger partial charge on any atom is 0.251 e. The van der Waals surface area contributed by atoms with Crippen molar-refractivity contribution in [3.8, 4) is 5.75 Å². The van der Waals surface area contributed by atoms with E-state index in [4.69, 9.17) is 27.9 Å². The molecule has 0 aliphatic carbocycles. The number of ether oxygens (including phenoxy) is 1. The predicted molar refractivity (Wildman–Crippen MR) is 112 cm³/mol. The van der Waals surface area contributed by atoms with Crippen LogP contribution in [0, 0.1) is 0 Å². The highest BCUT2D eigenvalue weighted by Gasteiger charge is 2.35. The Morgan fingerprint density at radius 1 is 1.30 bits per heavy atom. The minimum atomic E-state index is -2.37. The van der Waals surface area contributed by atoms with Gasteiger partial charge in [0.15, 0.2) is 11.5 Å². The van der Waals surface area contributed by atoms with Crippen molar-refractivity contribution in [3.63, 3.8) is 0 Å². The van der Waals surface area contributed by atoms with E-state index in [-0.39, 0.29) is 18.5 Å². The highest BCUT2D eigenvalue weighted by Crippen LogP contribution is 2.46. The molecule has 2 aromatic heterocycles. The van der Waals surface area contributed by atoms with E-state index in [0.29, 0.717) is 45.9 Å². The molecular formula is C19H20Cl2F2N6O. The number of aromatic nitrogens is 4.